The van der Waals surface area contributed by atoms with Crippen molar-refractivity contribution in [2.45, 2.75) is 139 Å². The highest BCUT2D eigenvalue weighted by Gasteiger charge is 2.95. The highest BCUT2D eigenvalue weighted by molar-refractivity contribution is 6.76. The van der Waals surface area contributed by atoms with E-state index in [4.69, 9.17) is 23.4 Å². The molecule has 26 heteroatoms. The predicted molar refractivity (Wildman–Crippen MR) is 219 cm³/mol. The highest BCUT2D eigenvalue weighted by atomic mass is 28.4. The van der Waals surface area contributed by atoms with Gasteiger partial charge in [-0.3, -0.25) is 5.32 Å². The Labute approximate surface area is 387 Å². The van der Waals surface area contributed by atoms with Gasteiger partial charge < -0.3 is 23.4 Å². The van der Waals surface area contributed by atoms with Gasteiger partial charge in [-0.2, -0.15) is 74.6 Å². The fourth-order valence-electron chi connectivity index (χ4n) is 6.99. The van der Waals surface area contributed by atoms with Crippen LogP contribution in [0.3, 0.4) is 0 Å². The molecule has 0 radical (unpaired) electrons. The largest absolute Gasteiger partial charge is 0.497 e. The van der Waals surface area contributed by atoms with E-state index < -0.39 is 111 Å². The third-order valence-corrected chi connectivity index (χ3v) is 16.9. The van der Waals surface area contributed by atoms with E-state index in [-0.39, 0.29) is 18.3 Å². The van der Waals surface area contributed by atoms with E-state index >= 15 is 8.78 Å². The minimum Gasteiger partial charge on any atom is -0.497 e. The number of carbonyl (C=O) groups is 2. The second-order valence-corrected chi connectivity index (χ2v) is 21.5. The average Bonchev–Trinajstić information content (AvgIpc) is 3.24. The van der Waals surface area contributed by atoms with Crippen molar-refractivity contribution in [1.82, 2.24) is 0 Å². The molecule has 2 aromatic carbocycles. The van der Waals surface area contributed by atoms with Crippen molar-refractivity contribution in [2.24, 2.45) is 5.92 Å². The van der Waals surface area contributed by atoms with E-state index in [1.807, 2.05) is 0 Å². The summed E-state index contributed by atoms with van der Waals surface area (Å²) in [4.78, 5) is 25.1. The predicted octanol–water partition coefficient (Wildman–Crippen LogP) is 14.5. The molecular formula is C43H52F17NO7Si. The van der Waals surface area contributed by atoms with Crippen molar-refractivity contribution < 1.29 is 108 Å². The number of alkyl halides is 17. The van der Waals surface area contributed by atoms with Crippen molar-refractivity contribution >= 4 is 26.1 Å². The smallest absolute Gasteiger partial charge is 0.460 e. The first-order chi connectivity index (χ1) is 31.4. The topological polar surface area (TPSA) is 92.3 Å². The van der Waals surface area contributed by atoms with Gasteiger partial charge in [0.25, 0.3) is 0 Å². The Balaban J connectivity index is 2.30. The molecule has 1 amide bonds. The first-order valence-corrected chi connectivity index (χ1v) is 23.2. The number of methoxy groups -OCH3 is 1. The number of ether oxygens (including phenoxy) is 4. The zero-order valence-corrected chi connectivity index (χ0v) is 39.2. The fraction of sp³-hybridized carbons (Fsp3) is 0.628. The summed E-state index contributed by atoms with van der Waals surface area (Å²) in [7, 11) is -2.56. The van der Waals surface area contributed by atoms with Crippen LogP contribution in [0.25, 0.3) is 0 Å². The molecule has 1 N–H and O–H groups in total. The first kappa shape index (κ1) is 60.6. The maximum atomic E-state index is 15.0. The molecule has 0 saturated carbocycles. The number of carbonyl (C=O) groups excluding carboxylic acids is 2. The van der Waals surface area contributed by atoms with Crippen molar-refractivity contribution in [3.8, 4) is 11.5 Å². The molecule has 0 aliphatic carbocycles. The molecular weight excluding hydrogens is 994 g/mol. The Morgan fingerprint density at radius 2 is 1.14 bits per heavy atom. The Morgan fingerprint density at radius 1 is 0.667 bits per heavy atom. The molecule has 0 heterocycles. The van der Waals surface area contributed by atoms with Crippen LogP contribution in [0.5, 0.6) is 11.5 Å². The van der Waals surface area contributed by atoms with Crippen LogP contribution in [0, 0.1) is 5.92 Å². The number of halogens is 17. The van der Waals surface area contributed by atoms with Crippen LogP contribution in [0.2, 0.25) is 17.1 Å². The van der Waals surface area contributed by atoms with E-state index in [1.54, 1.807) is 51.1 Å². The lowest BCUT2D eigenvalue weighted by molar-refractivity contribution is -0.461. The summed E-state index contributed by atoms with van der Waals surface area (Å²) in [5.41, 5.74) is -0.573. The molecule has 8 nitrogen and oxygen atoms in total. The summed E-state index contributed by atoms with van der Waals surface area (Å²) in [6.45, 7) is 9.53. The van der Waals surface area contributed by atoms with Gasteiger partial charge in [0.15, 0.2) is 8.32 Å². The van der Waals surface area contributed by atoms with Crippen molar-refractivity contribution in [1.29, 1.82) is 0 Å². The number of rotatable bonds is 26. The number of hydrogen-bond donors (Lipinski definition) is 1. The third-order valence-electron chi connectivity index (χ3n) is 11.3. The number of benzene rings is 2. The van der Waals surface area contributed by atoms with Gasteiger partial charge in [0, 0.05) is 17.7 Å². The Morgan fingerprint density at radius 3 is 1.61 bits per heavy atom. The van der Waals surface area contributed by atoms with Crippen LogP contribution in [0.1, 0.15) is 79.4 Å². The highest BCUT2D eigenvalue weighted by Crippen LogP contribution is 2.64. The van der Waals surface area contributed by atoms with Gasteiger partial charge in [0.05, 0.1) is 20.3 Å². The van der Waals surface area contributed by atoms with E-state index in [1.165, 1.54) is 59.1 Å². The lowest BCUT2D eigenvalue weighted by Crippen LogP contribution is -2.74. The van der Waals surface area contributed by atoms with Crippen molar-refractivity contribution in [2.75, 3.05) is 32.2 Å². The standard InChI is InChI=1S/C43H52F17NO7Si/c1-9-65-34(62)28(7)12-10-11-27(6)33(68-35(63)61-30-15-19-31(64-8)20-16-30)29-13-17-32(18-14-29)66-22-23-67-69(25(2)3,26(4)5)24-21-36(44,45)37(46,47)38(48,49)39(50,51)40(52,53)41(54,55)42(56,57)43(58,59)60/h12-20,25-27,33H,9-11,21-24H2,1-8H3,(H,61,63)/b28-12+/t27-,33-/m0/s1. The lowest BCUT2D eigenvalue weighted by atomic mass is 9.88. The second-order valence-electron chi connectivity index (χ2n) is 16.5. The molecule has 394 valence electrons. The van der Waals surface area contributed by atoms with Crippen LogP contribution in [0.4, 0.5) is 85.1 Å². The van der Waals surface area contributed by atoms with Crippen LogP contribution in [0.15, 0.2) is 60.2 Å². The van der Waals surface area contributed by atoms with Crippen LogP contribution >= 0.6 is 0 Å². The summed E-state index contributed by atoms with van der Waals surface area (Å²) in [6, 6.07) is 10.9. The zero-order chi connectivity index (χ0) is 53.4. The van der Waals surface area contributed by atoms with E-state index in [2.05, 4.69) is 5.32 Å². The van der Waals surface area contributed by atoms with Gasteiger partial charge in [-0.15, -0.1) is 0 Å². The normalized spacial score (nSPS) is 15.0. The number of nitrogens with one attached hydrogen (secondary N) is 1. The molecule has 0 bridgehead atoms. The van der Waals surface area contributed by atoms with Crippen molar-refractivity contribution in [3.05, 3.63) is 65.7 Å². The summed E-state index contributed by atoms with van der Waals surface area (Å²) in [5, 5.41) is 2.61. The summed E-state index contributed by atoms with van der Waals surface area (Å²) < 4.78 is 264. The van der Waals surface area contributed by atoms with Gasteiger partial charge in [0.2, 0.25) is 0 Å². The van der Waals surface area contributed by atoms with E-state index in [0.717, 1.165) is 0 Å². The number of esters is 1. The van der Waals surface area contributed by atoms with Gasteiger partial charge in [-0.1, -0.05) is 52.8 Å². The molecule has 2 aromatic rings. The fourth-order valence-corrected chi connectivity index (χ4v) is 11.5. The van der Waals surface area contributed by atoms with Crippen LogP contribution < -0.4 is 14.8 Å². The van der Waals surface area contributed by atoms with Gasteiger partial charge >= 0.3 is 59.7 Å². The second kappa shape index (κ2) is 22.7. The SMILES string of the molecule is CCOC(=O)/C(C)=C/CC[C@H](C)[C@H](OC(=O)Nc1ccc(OC)cc1)c1ccc(OCCO[Si](CCC(F)(F)C(F)(F)C(F)(F)C(F)(F)C(F)(F)C(F)(F)C(F)(F)C(F)(F)F)(C(C)C)C(C)C)cc1. The van der Waals surface area contributed by atoms with E-state index in [0.29, 0.717) is 35.4 Å². The molecule has 69 heavy (non-hydrogen) atoms. The van der Waals surface area contributed by atoms with E-state index in [9.17, 15) is 75.4 Å². The lowest BCUT2D eigenvalue weighted by Gasteiger charge is -2.44. The molecule has 0 aliphatic rings. The van der Waals surface area contributed by atoms with Crippen LogP contribution in [-0.2, 0) is 18.7 Å². The molecule has 0 saturated heterocycles. The third kappa shape index (κ3) is 12.9. The van der Waals surface area contributed by atoms with Crippen molar-refractivity contribution in [3.63, 3.8) is 0 Å². The van der Waals surface area contributed by atoms with Gasteiger partial charge in [-0.05, 0) is 91.7 Å². The zero-order valence-electron chi connectivity index (χ0n) is 38.2. The molecule has 2 rings (SSSR count). The maximum absolute atomic E-state index is 15.0. The van der Waals surface area contributed by atoms with Gasteiger partial charge in [-0.25, -0.2) is 9.59 Å². The maximum Gasteiger partial charge on any atom is 0.460 e. The first-order valence-electron chi connectivity index (χ1n) is 20.9. The Hall–Kier alpha value is -4.49. The Kier molecular flexibility index (Phi) is 20.0. The number of allylic oxidation sites excluding steroid dienone is 1. The monoisotopic (exact) mass is 1050 g/mol. The summed E-state index contributed by atoms with van der Waals surface area (Å²) in [6.07, 6.45) is -9.68. The minimum atomic E-state index is -8.70. The number of anilines is 1. The quantitative estimate of drug-likeness (QED) is 0.0330. The molecule has 0 fully saturated rings. The Bertz CT molecular complexity index is 2010. The molecule has 0 unspecified atom stereocenters. The average molecular weight is 1050 g/mol. The van der Waals surface area contributed by atoms with Gasteiger partial charge in [0.1, 0.15) is 24.2 Å². The number of amides is 1. The summed E-state index contributed by atoms with van der Waals surface area (Å²) >= 11 is 0. The summed E-state index contributed by atoms with van der Waals surface area (Å²) in [5.74, 6) is -57.1. The molecule has 0 aliphatic heterocycles. The molecule has 0 aromatic heterocycles. The number of hydrogen-bond acceptors (Lipinski definition) is 7. The van der Waals surface area contributed by atoms with Crippen LogP contribution in [-0.4, -0.2) is 94.9 Å². The molecule has 2 atom stereocenters. The molecule has 0 spiro atoms. The minimum absolute atomic E-state index is 0.135.